The van der Waals surface area contributed by atoms with E-state index in [4.69, 9.17) is 14.6 Å². The third-order valence-corrected chi connectivity index (χ3v) is 7.56. The Hall–Kier alpha value is -3.39. The summed E-state index contributed by atoms with van der Waals surface area (Å²) in [6.45, 7) is 4.87. The van der Waals surface area contributed by atoms with Crippen molar-refractivity contribution in [1.29, 1.82) is 0 Å². The Morgan fingerprint density at radius 3 is 2.64 bits per heavy atom. The van der Waals surface area contributed by atoms with Gasteiger partial charge in [-0.2, -0.15) is 0 Å². The van der Waals surface area contributed by atoms with Crippen LogP contribution in [0.15, 0.2) is 36.4 Å². The molecule has 0 amide bonds. The maximum atomic E-state index is 11.4. The predicted octanol–water partition coefficient (Wildman–Crippen LogP) is 6.12. The number of thiazole rings is 1. The van der Waals surface area contributed by atoms with E-state index in [1.807, 2.05) is 36.4 Å². The zero-order valence-corrected chi connectivity index (χ0v) is 21.4. The molecule has 3 aromatic rings. The lowest BCUT2D eigenvalue weighted by Crippen LogP contribution is -2.06. The molecule has 1 heterocycles. The van der Waals surface area contributed by atoms with Crippen LogP contribution in [0, 0.1) is 6.92 Å². The molecule has 7 nitrogen and oxygen atoms in total. The van der Waals surface area contributed by atoms with Crippen LogP contribution in [0.3, 0.4) is 0 Å². The smallest absolute Gasteiger partial charge is 0.347 e. The van der Waals surface area contributed by atoms with Gasteiger partial charge in [0.05, 0.1) is 25.3 Å². The first kappa shape index (κ1) is 25.7. The highest BCUT2D eigenvalue weighted by molar-refractivity contribution is 7.17. The van der Waals surface area contributed by atoms with Crippen molar-refractivity contribution in [2.24, 2.45) is 0 Å². The van der Waals surface area contributed by atoms with Gasteiger partial charge in [0.2, 0.25) is 0 Å². The number of fused-ring (bicyclic) bond motifs is 1. The van der Waals surface area contributed by atoms with Gasteiger partial charge in [0.15, 0.2) is 0 Å². The van der Waals surface area contributed by atoms with E-state index in [1.54, 1.807) is 6.92 Å². The van der Waals surface area contributed by atoms with Crippen molar-refractivity contribution in [3.63, 3.8) is 0 Å². The molecule has 8 heteroatoms. The number of aromatic carboxylic acids is 1. The first-order valence-electron chi connectivity index (χ1n) is 12.3. The van der Waals surface area contributed by atoms with E-state index in [9.17, 15) is 14.7 Å². The Kier molecular flexibility index (Phi) is 8.25. The van der Waals surface area contributed by atoms with Gasteiger partial charge in [0.1, 0.15) is 21.4 Å². The topological polar surface area (TPSA) is 106 Å². The van der Waals surface area contributed by atoms with Crippen LogP contribution in [-0.4, -0.2) is 40.3 Å². The van der Waals surface area contributed by atoms with Crippen molar-refractivity contribution >= 4 is 23.3 Å². The number of carboxylic acid groups (broad SMARTS) is 2. The van der Waals surface area contributed by atoms with Gasteiger partial charge in [-0.3, -0.25) is 4.79 Å². The van der Waals surface area contributed by atoms with E-state index in [1.165, 1.54) is 16.9 Å². The third kappa shape index (κ3) is 6.05. The fraction of sp³-hybridized carbons (Fsp3) is 0.393. The molecular formula is C28H31NO6S. The maximum Gasteiger partial charge on any atom is 0.347 e. The van der Waals surface area contributed by atoms with E-state index in [0.717, 1.165) is 60.3 Å². The first-order valence-corrected chi connectivity index (χ1v) is 13.1. The fourth-order valence-corrected chi connectivity index (χ4v) is 5.56. The third-order valence-electron chi connectivity index (χ3n) is 6.37. The summed E-state index contributed by atoms with van der Waals surface area (Å²) in [6.07, 6.45) is 4.49. The Balaban J connectivity index is 1.31. The lowest BCUT2D eigenvalue weighted by molar-refractivity contribution is -0.137. The van der Waals surface area contributed by atoms with Crippen LogP contribution in [-0.2, 0) is 17.6 Å². The highest BCUT2D eigenvalue weighted by Gasteiger charge is 2.25. The molecule has 0 aliphatic heterocycles. The molecule has 0 spiro atoms. The second kappa shape index (κ2) is 11.6. The summed E-state index contributed by atoms with van der Waals surface area (Å²) >= 11 is 1.19. The number of carbonyl (C=O) groups is 2. The van der Waals surface area contributed by atoms with Crippen LogP contribution in [0.25, 0.3) is 10.6 Å². The summed E-state index contributed by atoms with van der Waals surface area (Å²) in [6, 6.07) is 11.9. The second-order valence-corrected chi connectivity index (χ2v) is 10.1. The van der Waals surface area contributed by atoms with Crippen LogP contribution in [0.1, 0.15) is 70.6 Å². The number of ether oxygens (including phenoxy) is 2. The van der Waals surface area contributed by atoms with E-state index in [2.05, 4.69) is 11.9 Å². The summed E-state index contributed by atoms with van der Waals surface area (Å²) in [5.74, 6) is 0.0297. The Labute approximate surface area is 214 Å². The predicted molar refractivity (Wildman–Crippen MR) is 139 cm³/mol. The minimum Gasteiger partial charge on any atom is -0.493 e. The largest absolute Gasteiger partial charge is 0.493 e. The molecule has 0 bridgehead atoms. The molecular weight excluding hydrogens is 478 g/mol. The minimum absolute atomic E-state index is 0.0995. The lowest BCUT2D eigenvalue weighted by atomic mass is 9.98. The molecule has 0 radical (unpaired) electrons. The average molecular weight is 510 g/mol. The van der Waals surface area contributed by atoms with Gasteiger partial charge < -0.3 is 19.7 Å². The lowest BCUT2D eigenvalue weighted by Gasteiger charge is -2.13. The molecule has 0 fully saturated rings. The number of aryl methyl sites for hydroxylation is 3. The highest BCUT2D eigenvalue weighted by Crippen LogP contribution is 2.37. The molecule has 2 aromatic carbocycles. The van der Waals surface area contributed by atoms with Crippen LogP contribution in [0.5, 0.6) is 11.5 Å². The molecule has 190 valence electrons. The minimum atomic E-state index is -0.950. The van der Waals surface area contributed by atoms with Gasteiger partial charge in [0.25, 0.3) is 0 Å². The van der Waals surface area contributed by atoms with E-state index in [0.29, 0.717) is 23.9 Å². The van der Waals surface area contributed by atoms with Gasteiger partial charge in [-0.15, -0.1) is 11.3 Å². The number of hydrogen-bond donors (Lipinski definition) is 2. The average Bonchev–Trinajstić information content (AvgIpc) is 3.42. The van der Waals surface area contributed by atoms with Gasteiger partial charge in [-0.25, -0.2) is 9.78 Å². The standard InChI is InChI=1S/C28H31NO6S/c1-3-5-20-14-21(27-29-17(2)26(36-27)28(32)33)8-11-24(20)35-13-4-12-34-22-9-10-23-18(15-22)6-7-19(23)16-25(30)31/h8-11,14-15,19H,3-7,12-13,16H2,1-2H3,(H,30,31)(H,32,33)/t19-/m0/s1. The zero-order valence-electron chi connectivity index (χ0n) is 20.6. The van der Waals surface area contributed by atoms with Crippen LogP contribution >= 0.6 is 11.3 Å². The van der Waals surface area contributed by atoms with Gasteiger partial charge in [-0.05, 0) is 79.1 Å². The Morgan fingerprint density at radius 1 is 1.11 bits per heavy atom. The van der Waals surface area contributed by atoms with E-state index < -0.39 is 11.9 Å². The molecule has 0 saturated carbocycles. The van der Waals surface area contributed by atoms with Crippen molar-refractivity contribution in [3.05, 3.63) is 63.7 Å². The van der Waals surface area contributed by atoms with Crippen molar-refractivity contribution in [2.45, 2.75) is 58.3 Å². The number of hydrogen-bond acceptors (Lipinski definition) is 6. The molecule has 1 atom stereocenters. The second-order valence-electron chi connectivity index (χ2n) is 9.06. The van der Waals surface area contributed by atoms with Crippen LogP contribution in [0.2, 0.25) is 0 Å². The number of aromatic nitrogens is 1. The van der Waals surface area contributed by atoms with Crippen molar-refractivity contribution < 1.29 is 29.3 Å². The zero-order chi connectivity index (χ0) is 25.7. The number of rotatable bonds is 12. The number of benzene rings is 2. The molecule has 0 unspecified atom stereocenters. The molecule has 1 aromatic heterocycles. The molecule has 2 N–H and O–H groups in total. The summed E-state index contributed by atoms with van der Waals surface area (Å²) in [5, 5.41) is 19.1. The molecule has 1 aliphatic rings. The summed E-state index contributed by atoms with van der Waals surface area (Å²) in [7, 11) is 0. The Bertz CT molecular complexity index is 1250. The molecule has 4 rings (SSSR count). The fourth-order valence-electron chi connectivity index (χ4n) is 4.66. The van der Waals surface area contributed by atoms with Gasteiger partial charge in [0, 0.05) is 12.0 Å². The van der Waals surface area contributed by atoms with Crippen molar-refractivity contribution in [3.8, 4) is 22.1 Å². The summed E-state index contributed by atoms with van der Waals surface area (Å²) in [5.41, 5.74) is 4.83. The van der Waals surface area contributed by atoms with E-state index >= 15 is 0 Å². The summed E-state index contributed by atoms with van der Waals surface area (Å²) in [4.78, 5) is 27.1. The number of carboxylic acids is 2. The monoisotopic (exact) mass is 509 g/mol. The van der Waals surface area contributed by atoms with E-state index in [-0.39, 0.29) is 17.2 Å². The normalized spacial score (nSPS) is 14.4. The SMILES string of the molecule is CCCc1cc(-c2nc(C)c(C(=O)O)s2)ccc1OCCCOc1ccc2c(c1)CC[C@H]2CC(=O)O. The molecule has 0 saturated heterocycles. The van der Waals surface area contributed by atoms with Gasteiger partial charge >= 0.3 is 11.9 Å². The summed E-state index contributed by atoms with van der Waals surface area (Å²) < 4.78 is 12.0. The molecule has 1 aliphatic carbocycles. The van der Waals surface area contributed by atoms with Crippen LogP contribution < -0.4 is 9.47 Å². The Morgan fingerprint density at radius 2 is 1.92 bits per heavy atom. The first-order chi connectivity index (χ1) is 17.4. The van der Waals surface area contributed by atoms with Crippen LogP contribution in [0.4, 0.5) is 0 Å². The number of nitrogens with zero attached hydrogens (tertiary/aromatic N) is 1. The number of aliphatic carboxylic acids is 1. The van der Waals surface area contributed by atoms with Gasteiger partial charge in [-0.1, -0.05) is 19.4 Å². The van der Waals surface area contributed by atoms with Crippen molar-refractivity contribution in [2.75, 3.05) is 13.2 Å². The molecule has 36 heavy (non-hydrogen) atoms. The maximum absolute atomic E-state index is 11.4. The van der Waals surface area contributed by atoms with Crippen molar-refractivity contribution in [1.82, 2.24) is 4.98 Å². The quantitative estimate of drug-likeness (QED) is 0.283. The highest BCUT2D eigenvalue weighted by atomic mass is 32.1.